The van der Waals surface area contributed by atoms with Crippen LogP contribution < -0.4 is 10.6 Å². The van der Waals surface area contributed by atoms with Crippen LogP contribution in [0.2, 0.25) is 0 Å². The Hall–Kier alpha value is -1.91. The highest BCUT2D eigenvalue weighted by Gasteiger charge is 2.16. The molecule has 2 aromatic heterocycles. The fraction of sp³-hybridized carbons (Fsp3) is 0.417. The summed E-state index contributed by atoms with van der Waals surface area (Å²) in [6.45, 7) is 2.73. The molecular formula is C12H18N4O. The van der Waals surface area contributed by atoms with Gasteiger partial charge in [-0.2, -0.15) is 5.10 Å². The van der Waals surface area contributed by atoms with Crippen LogP contribution in [0.4, 0.5) is 11.5 Å². The van der Waals surface area contributed by atoms with Crippen molar-refractivity contribution in [3.8, 4) is 0 Å². The van der Waals surface area contributed by atoms with Gasteiger partial charge in [0.1, 0.15) is 5.76 Å². The molecule has 2 aromatic rings. The fourth-order valence-electron chi connectivity index (χ4n) is 2.01. The van der Waals surface area contributed by atoms with E-state index >= 15 is 0 Å². The average Bonchev–Trinajstić information content (AvgIpc) is 2.87. The maximum Gasteiger partial charge on any atom is 0.150 e. The second-order valence-corrected chi connectivity index (χ2v) is 4.10. The average molecular weight is 234 g/mol. The van der Waals surface area contributed by atoms with Crippen molar-refractivity contribution >= 4 is 11.5 Å². The Morgan fingerprint density at radius 1 is 1.53 bits per heavy atom. The molecule has 0 amide bonds. The third kappa shape index (κ3) is 2.13. The lowest BCUT2D eigenvalue weighted by Crippen LogP contribution is -2.20. The van der Waals surface area contributed by atoms with Gasteiger partial charge in [0.15, 0.2) is 5.82 Å². The third-order valence-corrected chi connectivity index (χ3v) is 2.80. The zero-order valence-corrected chi connectivity index (χ0v) is 10.5. The topological polar surface area (TPSA) is 60.2 Å². The molecule has 0 aromatic carbocycles. The van der Waals surface area contributed by atoms with Gasteiger partial charge >= 0.3 is 0 Å². The van der Waals surface area contributed by atoms with Crippen LogP contribution in [-0.4, -0.2) is 16.8 Å². The zero-order valence-electron chi connectivity index (χ0n) is 10.5. The molecule has 0 unspecified atom stereocenters. The molecule has 0 aliphatic carbocycles. The minimum Gasteiger partial charge on any atom is -0.467 e. The molecule has 0 saturated carbocycles. The van der Waals surface area contributed by atoms with Crippen molar-refractivity contribution in [1.82, 2.24) is 9.78 Å². The summed E-state index contributed by atoms with van der Waals surface area (Å²) in [5, 5.41) is 4.40. The van der Waals surface area contributed by atoms with Crippen LogP contribution in [0.5, 0.6) is 0 Å². The lowest BCUT2D eigenvalue weighted by atomic mass is 10.3. The quantitative estimate of drug-likeness (QED) is 0.876. The van der Waals surface area contributed by atoms with Crippen LogP contribution in [0, 0.1) is 0 Å². The van der Waals surface area contributed by atoms with E-state index < -0.39 is 0 Å². The first-order valence-corrected chi connectivity index (χ1v) is 5.68. The van der Waals surface area contributed by atoms with Gasteiger partial charge in [-0.05, 0) is 18.6 Å². The highest BCUT2D eigenvalue weighted by Crippen LogP contribution is 2.26. The number of nitrogen functional groups attached to an aromatic ring is 1. The summed E-state index contributed by atoms with van der Waals surface area (Å²) < 4.78 is 7.14. The molecule has 2 heterocycles. The van der Waals surface area contributed by atoms with Crippen LogP contribution >= 0.6 is 0 Å². The molecule has 0 aliphatic rings. The molecule has 92 valence electrons. The first-order valence-electron chi connectivity index (χ1n) is 5.68. The van der Waals surface area contributed by atoms with Gasteiger partial charge in [0.25, 0.3) is 0 Å². The molecule has 0 atom stereocenters. The second-order valence-electron chi connectivity index (χ2n) is 4.10. The number of furan rings is 1. The standard InChI is InChI=1S/C12H18N4O/c1-4-10-11(13)12(16(3)14-10)15(2)8-9-6-5-7-17-9/h5-7H,4,8,13H2,1-3H3. The second kappa shape index (κ2) is 4.53. The molecule has 17 heavy (non-hydrogen) atoms. The maximum absolute atomic E-state index is 6.09. The van der Waals surface area contributed by atoms with Crippen molar-refractivity contribution in [1.29, 1.82) is 0 Å². The van der Waals surface area contributed by atoms with Crippen LogP contribution in [0.15, 0.2) is 22.8 Å². The molecule has 0 fully saturated rings. The molecule has 2 rings (SSSR count). The number of anilines is 2. The van der Waals surface area contributed by atoms with Crippen molar-refractivity contribution in [2.75, 3.05) is 17.7 Å². The summed E-state index contributed by atoms with van der Waals surface area (Å²) in [5.41, 5.74) is 7.78. The number of nitrogens with zero attached hydrogens (tertiary/aromatic N) is 3. The highest BCUT2D eigenvalue weighted by atomic mass is 16.3. The lowest BCUT2D eigenvalue weighted by molar-refractivity contribution is 0.505. The molecule has 5 heteroatoms. The fourth-order valence-corrected chi connectivity index (χ4v) is 2.01. The first-order chi connectivity index (χ1) is 8.13. The molecule has 0 bridgehead atoms. The van der Waals surface area contributed by atoms with E-state index in [9.17, 15) is 0 Å². The predicted molar refractivity (Wildman–Crippen MR) is 67.8 cm³/mol. The Morgan fingerprint density at radius 3 is 2.82 bits per heavy atom. The summed E-state index contributed by atoms with van der Waals surface area (Å²) in [5.74, 6) is 1.84. The Morgan fingerprint density at radius 2 is 2.29 bits per heavy atom. The summed E-state index contributed by atoms with van der Waals surface area (Å²) in [4.78, 5) is 2.04. The SMILES string of the molecule is CCc1nn(C)c(N(C)Cc2ccco2)c1N. The molecule has 2 N–H and O–H groups in total. The smallest absolute Gasteiger partial charge is 0.150 e. The van der Waals surface area contributed by atoms with E-state index in [0.717, 1.165) is 29.4 Å². The largest absolute Gasteiger partial charge is 0.467 e. The Kier molecular flexibility index (Phi) is 3.08. The maximum atomic E-state index is 6.09. The van der Waals surface area contributed by atoms with Crippen molar-refractivity contribution in [2.45, 2.75) is 19.9 Å². The van der Waals surface area contributed by atoms with E-state index in [0.29, 0.717) is 6.54 Å². The minimum atomic E-state index is 0.680. The van der Waals surface area contributed by atoms with E-state index in [1.807, 2.05) is 35.8 Å². The van der Waals surface area contributed by atoms with Gasteiger partial charge in [-0.15, -0.1) is 0 Å². The summed E-state index contributed by atoms with van der Waals surface area (Å²) in [6.07, 6.45) is 2.52. The number of hydrogen-bond donors (Lipinski definition) is 1. The zero-order chi connectivity index (χ0) is 12.4. The normalized spacial score (nSPS) is 10.8. The summed E-state index contributed by atoms with van der Waals surface area (Å²) in [6, 6.07) is 3.83. The molecule has 0 saturated heterocycles. The van der Waals surface area contributed by atoms with E-state index in [4.69, 9.17) is 10.2 Å². The Labute approximate surface area is 101 Å². The number of hydrogen-bond acceptors (Lipinski definition) is 4. The third-order valence-electron chi connectivity index (χ3n) is 2.80. The van der Waals surface area contributed by atoms with Crippen LogP contribution in [0.25, 0.3) is 0 Å². The van der Waals surface area contributed by atoms with Crippen LogP contribution in [-0.2, 0) is 20.0 Å². The molecule has 0 spiro atoms. The van der Waals surface area contributed by atoms with E-state index in [2.05, 4.69) is 12.0 Å². The number of aryl methyl sites for hydroxylation is 2. The Balaban J connectivity index is 2.24. The highest BCUT2D eigenvalue weighted by molar-refractivity contribution is 5.66. The van der Waals surface area contributed by atoms with Crippen LogP contribution in [0.1, 0.15) is 18.4 Å². The summed E-state index contributed by atoms with van der Waals surface area (Å²) in [7, 11) is 3.89. The van der Waals surface area contributed by atoms with Gasteiger partial charge in [-0.3, -0.25) is 4.68 Å². The van der Waals surface area contributed by atoms with E-state index in [1.165, 1.54) is 0 Å². The van der Waals surface area contributed by atoms with Crippen LogP contribution in [0.3, 0.4) is 0 Å². The molecule has 5 nitrogen and oxygen atoms in total. The molecule has 0 radical (unpaired) electrons. The van der Waals surface area contributed by atoms with E-state index in [-0.39, 0.29) is 0 Å². The van der Waals surface area contributed by atoms with Crippen molar-refractivity contribution in [3.63, 3.8) is 0 Å². The number of rotatable bonds is 4. The lowest BCUT2D eigenvalue weighted by Gasteiger charge is -2.18. The van der Waals surface area contributed by atoms with Gasteiger partial charge < -0.3 is 15.1 Å². The number of nitrogens with two attached hydrogens (primary N) is 1. The van der Waals surface area contributed by atoms with Crippen molar-refractivity contribution in [2.24, 2.45) is 7.05 Å². The first kappa shape index (κ1) is 11.6. The van der Waals surface area contributed by atoms with Gasteiger partial charge in [-0.25, -0.2) is 0 Å². The summed E-state index contributed by atoms with van der Waals surface area (Å²) >= 11 is 0. The Bertz CT molecular complexity index is 487. The van der Waals surface area contributed by atoms with Gasteiger partial charge in [0.05, 0.1) is 24.2 Å². The monoisotopic (exact) mass is 234 g/mol. The van der Waals surface area contributed by atoms with Crippen molar-refractivity contribution in [3.05, 3.63) is 29.9 Å². The van der Waals surface area contributed by atoms with Gasteiger partial charge in [0.2, 0.25) is 0 Å². The van der Waals surface area contributed by atoms with E-state index in [1.54, 1.807) is 6.26 Å². The predicted octanol–water partition coefficient (Wildman–Crippen LogP) is 1.79. The number of aromatic nitrogens is 2. The molecule has 0 aliphatic heterocycles. The van der Waals surface area contributed by atoms with Gasteiger partial charge in [-0.1, -0.05) is 6.92 Å². The van der Waals surface area contributed by atoms with Gasteiger partial charge in [0, 0.05) is 14.1 Å². The minimum absolute atomic E-state index is 0.680. The van der Waals surface area contributed by atoms with Crippen molar-refractivity contribution < 1.29 is 4.42 Å². The molecular weight excluding hydrogens is 216 g/mol.